The Morgan fingerprint density at radius 2 is 1.82 bits per heavy atom. The third kappa shape index (κ3) is 3.14. The number of benzene rings is 1. The highest BCUT2D eigenvalue weighted by atomic mass is 16.5. The molecule has 0 fully saturated rings. The molecule has 0 amide bonds. The number of anilines is 1. The molecule has 22 heavy (non-hydrogen) atoms. The number of aliphatic hydroxyl groups is 1. The number of hydrogen-bond acceptors (Lipinski definition) is 7. The van der Waals surface area contributed by atoms with Gasteiger partial charge < -0.3 is 24.6 Å². The van der Waals surface area contributed by atoms with Gasteiger partial charge in [-0.1, -0.05) is 0 Å². The molecule has 0 spiro atoms. The molecule has 0 atom stereocenters. The third-order valence-electron chi connectivity index (χ3n) is 3.31. The van der Waals surface area contributed by atoms with Crippen LogP contribution in [0.2, 0.25) is 0 Å². The minimum Gasteiger partial charge on any atom is -0.493 e. The summed E-state index contributed by atoms with van der Waals surface area (Å²) in [6, 6.07) is 1.82. The van der Waals surface area contributed by atoms with Gasteiger partial charge in [0.1, 0.15) is 17.7 Å². The summed E-state index contributed by atoms with van der Waals surface area (Å²) in [6.07, 6.45) is 3.08. The first-order valence-corrected chi connectivity index (χ1v) is 7.05. The number of nitrogens with one attached hydrogen (secondary N) is 1. The van der Waals surface area contributed by atoms with Crippen molar-refractivity contribution in [2.24, 2.45) is 0 Å². The van der Waals surface area contributed by atoms with Crippen LogP contribution in [0.3, 0.4) is 0 Å². The van der Waals surface area contributed by atoms with E-state index in [-0.39, 0.29) is 6.61 Å². The summed E-state index contributed by atoms with van der Waals surface area (Å²) in [7, 11) is 4.69. The third-order valence-corrected chi connectivity index (χ3v) is 3.31. The van der Waals surface area contributed by atoms with E-state index < -0.39 is 0 Å². The molecule has 0 bridgehead atoms. The SMILES string of the molecule is COc1cc2c(NCCCCO)ncnc2c(OC)c1OC. The van der Waals surface area contributed by atoms with Crippen LogP contribution in [0.1, 0.15) is 12.8 Å². The maximum atomic E-state index is 8.83. The van der Waals surface area contributed by atoms with Gasteiger partial charge in [-0.15, -0.1) is 0 Å². The average molecular weight is 307 g/mol. The molecule has 0 saturated carbocycles. The molecule has 7 nitrogen and oxygen atoms in total. The van der Waals surface area contributed by atoms with Crippen LogP contribution < -0.4 is 19.5 Å². The van der Waals surface area contributed by atoms with Gasteiger partial charge in [0.15, 0.2) is 11.5 Å². The first-order valence-electron chi connectivity index (χ1n) is 7.05. The zero-order chi connectivity index (χ0) is 15.9. The Labute approximate surface area is 129 Å². The predicted molar refractivity (Wildman–Crippen MR) is 84.0 cm³/mol. The Morgan fingerprint density at radius 1 is 1.05 bits per heavy atom. The molecule has 0 radical (unpaired) electrons. The molecule has 2 rings (SSSR count). The summed E-state index contributed by atoms with van der Waals surface area (Å²) >= 11 is 0. The quantitative estimate of drug-likeness (QED) is 0.720. The molecule has 1 aromatic carbocycles. The van der Waals surface area contributed by atoms with Crippen LogP contribution in [0.25, 0.3) is 10.9 Å². The van der Waals surface area contributed by atoms with E-state index in [0.717, 1.165) is 18.2 Å². The van der Waals surface area contributed by atoms with Crippen LogP contribution in [-0.2, 0) is 0 Å². The van der Waals surface area contributed by atoms with Gasteiger partial charge in [-0.3, -0.25) is 0 Å². The van der Waals surface area contributed by atoms with Crippen LogP contribution >= 0.6 is 0 Å². The fourth-order valence-corrected chi connectivity index (χ4v) is 2.25. The van der Waals surface area contributed by atoms with Gasteiger partial charge in [0, 0.05) is 13.2 Å². The second-order valence-electron chi connectivity index (χ2n) is 4.62. The first kappa shape index (κ1) is 16.1. The van der Waals surface area contributed by atoms with Crippen molar-refractivity contribution < 1.29 is 19.3 Å². The number of aliphatic hydroxyl groups excluding tert-OH is 1. The smallest absolute Gasteiger partial charge is 0.205 e. The molecule has 0 unspecified atom stereocenters. The van der Waals surface area contributed by atoms with E-state index in [0.29, 0.717) is 35.1 Å². The number of hydrogen-bond donors (Lipinski definition) is 2. The van der Waals surface area contributed by atoms with E-state index in [1.165, 1.54) is 6.33 Å². The number of rotatable bonds is 8. The molecule has 2 N–H and O–H groups in total. The number of nitrogens with zero attached hydrogens (tertiary/aromatic N) is 2. The normalized spacial score (nSPS) is 10.5. The van der Waals surface area contributed by atoms with E-state index in [1.807, 2.05) is 6.07 Å². The zero-order valence-corrected chi connectivity index (χ0v) is 13.0. The Hall–Kier alpha value is -2.28. The number of fused-ring (bicyclic) bond motifs is 1. The lowest BCUT2D eigenvalue weighted by Gasteiger charge is -2.15. The number of methoxy groups -OCH3 is 3. The van der Waals surface area contributed by atoms with Crippen LogP contribution in [-0.4, -0.2) is 49.6 Å². The van der Waals surface area contributed by atoms with Crippen molar-refractivity contribution >= 4 is 16.7 Å². The standard InChI is InChI=1S/C15H21N3O4/c1-20-11-8-10-12(14(22-3)13(11)21-2)17-9-18-15(10)16-6-4-5-7-19/h8-9,19H,4-7H2,1-3H3,(H,16,17,18). The monoisotopic (exact) mass is 307 g/mol. The van der Waals surface area contributed by atoms with Gasteiger partial charge in [-0.2, -0.15) is 0 Å². The minimum absolute atomic E-state index is 0.186. The number of aromatic nitrogens is 2. The first-order chi connectivity index (χ1) is 10.8. The largest absolute Gasteiger partial charge is 0.493 e. The van der Waals surface area contributed by atoms with Gasteiger partial charge in [0.25, 0.3) is 0 Å². The molecular formula is C15H21N3O4. The van der Waals surface area contributed by atoms with E-state index in [2.05, 4.69) is 15.3 Å². The summed E-state index contributed by atoms with van der Waals surface area (Å²) in [4.78, 5) is 8.56. The Kier molecular flexibility index (Phi) is 5.60. The Morgan fingerprint density at radius 3 is 2.45 bits per heavy atom. The van der Waals surface area contributed by atoms with Crippen molar-refractivity contribution in [2.75, 3.05) is 39.8 Å². The molecule has 7 heteroatoms. The lowest BCUT2D eigenvalue weighted by Crippen LogP contribution is -2.06. The van der Waals surface area contributed by atoms with Crippen molar-refractivity contribution in [1.82, 2.24) is 9.97 Å². The summed E-state index contributed by atoms with van der Waals surface area (Å²) in [5.74, 6) is 2.27. The molecule has 120 valence electrons. The van der Waals surface area contributed by atoms with Crippen LogP contribution in [0.5, 0.6) is 17.2 Å². The number of unbranched alkanes of at least 4 members (excludes halogenated alkanes) is 1. The predicted octanol–water partition coefficient (Wildman–Crippen LogP) is 1.84. The lowest BCUT2D eigenvalue weighted by atomic mass is 10.1. The van der Waals surface area contributed by atoms with E-state index in [9.17, 15) is 0 Å². The topological polar surface area (TPSA) is 85.7 Å². The van der Waals surface area contributed by atoms with Gasteiger partial charge in [0.05, 0.1) is 26.7 Å². The average Bonchev–Trinajstić information content (AvgIpc) is 2.56. The summed E-state index contributed by atoms with van der Waals surface area (Å²) in [5.41, 5.74) is 0.653. The van der Waals surface area contributed by atoms with Crippen LogP contribution in [0, 0.1) is 0 Å². The second kappa shape index (κ2) is 7.65. The van der Waals surface area contributed by atoms with E-state index in [4.69, 9.17) is 19.3 Å². The Bertz CT molecular complexity index is 634. The maximum absolute atomic E-state index is 8.83. The highest BCUT2D eigenvalue weighted by Gasteiger charge is 2.19. The Balaban J connectivity index is 2.47. The summed E-state index contributed by atoms with van der Waals surface area (Å²) in [6.45, 7) is 0.897. The molecule has 0 aliphatic heterocycles. The summed E-state index contributed by atoms with van der Waals surface area (Å²) < 4.78 is 16.2. The molecule has 2 aromatic rings. The molecule has 0 aliphatic rings. The molecule has 1 aromatic heterocycles. The fraction of sp³-hybridized carbons (Fsp3) is 0.467. The highest BCUT2D eigenvalue weighted by molar-refractivity contribution is 5.96. The zero-order valence-electron chi connectivity index (χ0n) is 13.0. The number of ether oxygens (including phenoxy) is 3. The van der Waals surface area contributed by atoms with Crippen molar-refractivity contribution in [3.8, 4) is 17.2 Å². The fourth-order valence-electron chi connectivity index (χ4n) is 2.25. The van der Waals surface area contributed by atoms with Crippen LogP contribution in [0.4, 0.5) is 5.82 Å². The summed E-state index contributed by atoms with van der Waals surface area (Å²) in [5, 5.41) is 12.9. The lowest BCUT2D eigenvalue weighted by molar-refractivity contribution is 0.286. The second-order valence-corrected chi connectivity index (χ2v) is 4.62. The van der Waals surface area contributed by atoms with Gasteiger partial charge in [0.2, 0.25) is 5.75 Å². The molecule has 1 heterocycles. The van der Waals surface area contributed by atoms with Crippen molar-refractivity contribution in [1.29, 1.82) is 0 Å². The van der Waals surface area contributed by atoms with E-state index in [1.54, 1.807) is 21.3 Å². The molecule has 0 saturated heterocycles. The molecular weight excluding hydrogens is 286 g/mol. The van der Waals surface area contributed by atoms with Crippen molar-refractivity contribution in [2.45, 2.75) is 12.8 Å². The van der Waals surface area contributed by atoms with E-state index >= 15 is 0 Å². The van der Waals surface area contributed by atoms with Gasteiger partial charge in [-0.05, 0) is 18.9 Å². The minimum atomic E-state index is 0.186. The van der Waals surface area contributed by atoms with Crippen LogP contribution in [0.15, 0.2) is 12.4 Å². The van der Waals surface area contributed by atoms with Gasteiger partial charge >= 0.3 is 0 Å². The molecule has 0 aliphatic carbocycles. The van der Waals surface area contributed by atoms with Gasteiger partial charge in [-0.25, -0.2) is 9.97 Å². The highest BCUT2D eigenvalue weighted by Crippen LogP contribution is 2.43. The maximum Gasteiger partial charge on any atom is 0.205 e. The van der Waals surface area contributed by atoms with Crippen molar-refractivity contribution in [3.63, 3.8) is 0 Å². The van der Waals surface area contributed by atoms with Crippen molar-refractivity contribution in [3.05, 3.63) is 12.4 Å².